The lowest BCUT2D eigenvalue weighted by Crippen LogP contribution is -2.28. The monoisotopic (exact) mass is 326 g/mol. The smallest absolute Gasteiger partial charge is 0.227 e. The van der Waals surface area contributed by atoms with E-state index >= 15 is 0 Å². The van der Waals surface area contributed by atoms with Crippen LogP contribution in [0.2, 0.25) is 0 Å². The first-order valence-corrected chi connectivity index (χ1v) is 7.74. The Kier molecular flexibility index (Phi) is 5.36. The summed E-state index contributed by atoms with van der Waals surface area (Å²) < 4.78 is 0. The van der Waals surface area contributed by atoms with Crippen LogP contribution in [0.1, 0.15) is 31.4 Å². The van der Waals surface area contributed by atoms with Crippen LogP contribution in [0.5, 0.6) is 0 Å². The van der Waals surface area contributed by atoms with Crippen molar-refractivity contribution in [3.8, 4) is 0 Å². The summed E-state index contributed by atoms with van der Waals surface area (Å²) in [7, 11) is 0. The summed E-state index contributed by atoms with van der Waals surface area (Å²) in [6.45, 7) is 4.91. The molecule has 2 aromatic rings. The van der Waals surface area contributed by atoms with Crippen LogP contribution in [0.25, 0.3) is 0 Å². The Bertz CT molecular complexity index is 740. The molecule has 0 aliphatic heterocycles. The lowest BCUT2D eigenvalue weighted by atomic mass is 9.92. The molecular formula is C19H22N2O3. The maximum atomic E-state index is 12.4. The fraction of sp³-hybridized carbons (Fsp3) is 0.263. The average molecular weight is 326 g/mol. The van der Waals surface area contributed by atoms with Crippen LogP contribution in [-0.2, 0) is 15.2 Å². The highest BCUT2D eigenvalue weighted by molar-refractivity contribution is 5.99. The van der Waals surface area contributed by atoms with E-state index in [0.717, 1.165) is 5.56 Å². The standard InChI is InChI=1S/C19H22N2O3/c1-13-9-10-16(20-14(2)22)17(11-13)21-18(23)12-19(3,24)15-7-5-4-6-8-15/h4-11,24H,12H2,1-3H3,(H,20,22)(H,21,23)/t19-/m0/s1. The molecule has 2 rings (SSSR count). The molecule has 0 aliphatic carbocycles. The molecule has 2 amide bonds. The molecule has 24 heavy (non-hydrogen) atoms. The highest BCUT2D eigenvalue weighted by Gasteiger charge is 2.26. The molecule has 126 valence electrons. The summed E-state index contributed by atoms with van der Waals surface area (Å²) in [5.74, 6) is -0.549. The third-order valence-electron chi connectivity index (χ3n) is 3.66. The maximum Gasteiger partial charge on any atom is 0.227 e. The summed E-state index contributed by atoms with van der Waals surface area (Å²) in [5.41, 5.74) is 1.39. The van der Waals surface area contributed by atoms with E-state index in [1.54, 1.807) is 31.2 Å². The molecule has 0 aliphatic rings. The number of nitrogens with one attached hydrogen (secondary N) is 2. The molecule has 0 spiro atoms. The summed E-state index contributed by atoms with van der Waals surface area (Å²) in [4.78, 5) is 23.7. The minimum atomic E-state index is -1.27. The summed E-state index contributed by atoms with van der Waals surface area (Å²) in [5, 5.41) is 16.0. The van der Waals surface area contributed by atoms with Crippen LogP contribution in [-0.4, -0.2) is 16.9 Å². The van der Waals surface area contributed by atoms with E-state index in [4.69, 9.17) is 0 Å². The van der Waals surface area contributed by atoms with Gasteiger partial charge in [-0.1, -0.05) is 36.4 Å². The first-order chi connectivity index (χ1) is 11.3. The van der Waals surface area contributed by atoms with Crippen LogP contribution in [0.4, 0.5) is 11.4 Å². The molecule has 0 aromatic heterocycles. The fourth-order valence-electron chi connectivity index (χ4n) is 2.47. The van der Waals surface area contributed by atoms with Crippen molar-refractivity contribution in [1.29, 1.82) is 0 Å². The van der Waals surface area contributed by atoms with E-state index < -0.39 is 5.60 Å². The Labute approximate surface area is 141 Å². The number of amides is 2. The van der Waals surface area contributed by atoms with Gasteiger partial charge in [0.15, 0.2) is 0 Å². The van der Waals surface area contributed by atoms with Gasteiger partial charge >= 0.3 is 0 Å². The molecule has 0 saturated heterocycles. The van der Waals surface area contributed by atoms with Crippen LogP contribution in [0.3, 0.4) is 0 Å². The largest absolute Gasteiger partial charge is 0.385 e. The van der Waals surface area contributed by atoms with Gasteiger partial charge in [0.1, 0.15) is 0 Å². The number of hydrogen-bond donors (Lipinski definition) is 3. The predicted molar refractivity (Wildman–Crippen MR) is 94.7 cm³/mol. The van der Waals surface area contributed by atoms with Gasteiger partial charge in [0.05, 0.1) is 23.4 Å². The van der Waals surface area contributed by atoms with Crippen molar-refractivity contribution in [3.05, 3.63) is 59.7 Å². The molecular weight excluding hydrogens is 304 g/mol. The molecule has 3 N–H and O–H groups in total. The van der Waals surface area contributed by atoms with Gasteiger partial charge in [-0.3, -0.25) is 9.59 Å². The lowest BCUT2D eigenvalue weighted by molar-refractivity contribution is -0.120. The first-order valence-electron chi connectivity index (χ1n) is 7.74. The molecule has 0 heterocycles. The Morgan fingerprint density at radius 3 is 2.33 bits per heavy atom. The Balaban J connectivity index is 2.15. The second-order valence-corrected chi connectivity index (χ2v) is 6.10. The van der Waals surface area contributed by atoms with Crippen molar-refractivity contribution in [2.45, 2.75) is 32.8 Å². The zero-order valence-corrected chi connectivity index (χ0v) is 14.1. The first kappa shape index (κ1) is 17.7. The fourth-order valence-corrected chi connectivity index (χ4v) is 2.47. The summed E-state index contributed by atoms with van der Waals surface area (Å²) in [6, 6.07) is 14.4. The molecule has 5 nitrogen and oxygen atoms in total. The lowest BCUT2D eigenvalue weighted by Gasteiger charge is -2.23. The number of hydrogen-bond acceptors (Lipinski definition) is 3. The number of carbonyl (C=O) groups is 2. The topological polar surface area (TPSA) is 78.4 Å². The van der Waals surface area contributed by atoms with Gasteiger partial charge in [-0.25, -0.2) is 0 Å². The van der Waals surface area contributed by atoms with Crippen molar-refractivity contribution < 1.29 is 14.7 Å². The Morgan fingerprint density at radius 2 is 1.71 bits per heavy atom. The summed E-state index contributed by atoms with van der Waals surface area (Å²) >= 11 is 0. The molecule has 2 aromatic carbocycles. The third kappa shape index (κ3) is 4.67. The average Bonchev–Trinajstić information content (AvgIpc) is 2.50. The van der Waals surface area contributed by atoms with E-state index in [1.807, 2.05) is 31.2 Å². The van der Waals surface area contributed by atoms with Crippen molar-refractivity contribution >= 4 is 23.2 Å². The number of benzene rings is 2. The predicted octanol–water partition coefficient (Wildman–Crippen LogP) is 3.19. The zero-order valence-electron chi connectivity index (χ0n) is 14.1. The van der Waals surface area contributed by atoms with Crippen molar-refractivity contribution in [1.82, 2.24) is 0 Å². The summed E-state index contributed by atoms with van der Waals surface area (Å²) in [6.07, 6.45) is -0.0928. The third-order valence-corrected chi connectivity index (χ3v) is 3.66. The van der Waals surface area contributed by atoms with E-state index in [2.05, 4.69) is 10.6 Å². The van der Waals surface area contributed by atoms with Gasteiger partial charge in [0.2, 0.25) is 11.8 Å². The van der Waals surface area contributed by atoms with Crippen LogP contribution >= 0.6 is 0 Å². The second kappa shape index (κ2) is 7.27. The van der Waals surface area contributed by atoms with E-state index in [9.17, 15) is 14.7 Å². The zero-order chi connectivity index (χ0) is 17.7. The quantitative estimate of drug-likeness (QED) is 0.789. The Hall–Kier alpha value is -2.66. The van der Waals surface area contributed by atoms with Gasteiger partial charge < -0.3 is 15.7 Å². The van der Waals surface area contributed by atoms with E-state index in [-0.39, 0.29) is 18.2 Å². The number of aryl methyl sites for hydroxylation is 1. The van der Waals surface area contributed by atoms with Crippen molar-refractivity contribution in [3.63, 3.8) is 0 Å². The molecule has 0 fully saturated rings. The molecule has 5 heteroatoms. The number of anilines is 2. The van der Waals surface area contributed by atoms with Crippen molar-refractivity contribution in [2.24, 2.45) is 0 Å². The Morgan fingerprint density at radius 1 is 1.04 bits per heavy atom. The van der Waals surface area contributed by atoms with E-state index in [0.29, 0.717) is 16.9 Å². The van der Waals surface area contributed by atoms with Crippen molar-refractivity contribution in [2.75, 3.05) is 10.6 Å². The number of aliphatic hydroxyl groups is 1. The minimum absolute atomic E-state index is 0.0928. The van der Waals surface area contributed by atoms with Gasteiger partial charge in [-0.15, -0.1) is 0 Å². The highest BCUT2D eigenvalue weighted by atomic mass is 16.3. The molecule has 0 saturated carbocycles. The number of rotatable bonds is 5. The SMILES string of the molecule is CC(=O)Nc1ccc(C)cc1NC(=O)C[C@](C)(O)c1ccccc1. The maximum absolute atomic E-state index is 12.4. The number of carbonyl (C=O) groups excluding carboxylic acids is 2. The second-order valence-electron chi connectivity index (χ2n) is 6.10. The highest BCUT2D eigenvalue weighted by Crippen LogP contribution is 2.27. The molecule has 0 bridgehead atoms. The normalized spacial score (nSPS) is 13.0. The molecule has 0 unspecified atom stereocenters. The van der Waals surface area contributed by atoms with Gasteiger partial charge in [0.25, 0.3) is 0 Å². The molecule has 1 atom stereocenters. The molecule has 0 radical (unpaired) electrons. The van der Waals surface area contributed by atoms with Crippen LogP contribution in [0.15, 0.2) is 48.5 Å². The van der Waals surface area contributed by atoms with E-state index in [1.165, 1.54) is 6.92 Å². The van der Waals surface area contributed by atoms with Crippen LogP contribution < -0.4 is 10.6 Å². The van der Waals surface area contributed by atoms with Crippen LogP contribution in [0, 0.1) is 6.92 Å². The minimum Gasteiger partial charge on any atom is -0.385 e. The van der Waals surface area contributed by atoms with Gasteiger partial charge in [0, 0.05) is 6.92 Å². The van der Waals surface area contributed by atoms with Gasteiger partial charge in [-0.05, 0) is 37.1 Å². The van der Waals surface area contributed by atoms with Gasteiger partial charge in [-0.2, -0.15) is 0 Å².